The van der Waals surface area contributed by atoms with Crippen LogP contribution in [0.15, 0.2) is 12.2 Å². The van der Waals surface area contributed by atoms with Gasteiger partial charge in [0.05, 0.1) is 6.10 Å². The van der Waals surface area contributed by atoms with Crippen molar-refractivity contribution in [3.05, 3.63) is 12.2 Å². The molecule has 0 aromatic carbocycles. The minimum absolute atomic E-state index is 0.196. The molecule has 1 fully saturated rings. The normalized spacial score (nSPS) is 23.2. The van der Waals surface area contributed by atoms with E-state index in [1.807, 2.05) is 19.1 Å². The molecule has 1 nitrogen and oxygen atoms in total. The van der Waals surface area contributed by atoms with E-state index in [0.29, 0.717) is 0 Å². The van der Waals surface area contributed by atoms with E-state index >= 15 is 0 Å². The average Bonchev–Trinajstić information content (AvgIpc) is 2.06. The van der Waals surface area contributed by atoms with Gasteiger partial charge in [-0.2, -0.15) is 0 Å². The Hall–Kier alpha value is -0.300. The van der Waals surface area contributed by atoms with Gasteiger partial charge in [0.2, 0.25) is 0 Å². The zero-order valence-electron chi connectivity index (χ0n) is 8.00. The fourth-order valence-electron chi connectivity index (χ4n) is 2.07. The minimum Gasteiger partial charge on any atom is -0.389 e. The summed E-state index contributed by atoms with van der Waals surface area (Å²) in [7, 11) is 0. The summed E-state index contributed by atoms with van der Waals surface area (Å²) in [5.41, 5.74) is 0. The van der Waals surface area contributed by atoms with E-state index in [-0.39, 0.29) is 6.10 Å². The maximum Gasteiger partial charge on any atom is 0.0723 e. The van der Waals surface area contributed by atoms with Gasteiger partial charge in [-0.1, -0.05) is 44.3 Å². The maximum atomic E-state index is 9.51. The molecule has 0 aromatic heterocycles. The molecule has 70 valence electrons. The highest BCUT2D eigenvalue weighted by Gasteiger charge is 2.15. The van der Waals surface area contributed by atoms with Crippen molar-refractivity contribution in [3.8, 4) is 0 Å². The number of hydrogen-bond donors (Lipinski definition) is 1. The van der Waals surface area contributed by atoms with Gasteiger partial charge in [0.15, 0.2) is 0 Å². The second-order valence-corrected chi connectivity index (χ2v) is 3.83. The third-order valence-electron chi connectivity index (χ3n) is 2.71. The summed E-state index contributed by atoms with van der Waals surface area (Å²) in [6.45, 7) is 1.96. The predicted octanol–water partition coefficient (Wildman–Crippen LogP) is 2.89. The molecular weight excluding hydrogens is 148 g/mol. The Kier molecular flexibility index (Phi) is 4.37. The van der Waals surface area contributed by atoms with Gasteiger partial charge in [-0.3, -0.25) is 0 Å². The molecule has 0 radical (unpaired) electrons. The molecule has 0 bridgehead atoms. The highest BCUT2D eigenvalue weighted by molar-refractivity contribution is 4.87. The fraction of sp³-hybridized carbons (Fsp3) is 0.818. The Morgan fingerprint density at radius 1 is 1.33 bits per heavy atom. The van der Waals surface area contributed by atoms with Gasteiger partial charge >= 0.3 is 0 Å². The molecule has 1 atom stereocenters. The van der Waals surface area contributed by atoms with Crippen molar-refractivity contribution in [2.24, 2.45) is 5.92 Å². The van der Waals surface area contributed by atoms with E-state index in [4.69, 9.17) is 0 Å². The monoisotopic (exact) mass is 168 g/mol. The maximum absolute atomic E-state index is 9.51. The molecule has 1 aliphatic carbocycles. The molecule has 0 unspecified atom stereocenters. The van der Waals surface area contributed by atoms with Gasteiger partial charge in [0.1, 0.15) is 0 Å². The number of allylic oxidation sites excluding steroid dienone is 1. The number of rotatable bonds is 3. The fourth-order valence-corrected chi connectivity index (χ4v) is 2.07. The van der Waals surface area contributed by atoms with Gasteiger partial charge in [0, 0.05) is 0 Å². The van der Waals surface area contributed by atoms with E-state index in [1.165, 1.54) is 32.1 Å². The molecule has 1 heteroatoms. The van der Waals surface area contributed by atoms with Crippen molar-refractivity contribution < 1.29 is 5.11 Å². The Morgan fingerprint density at radius 2 is 2.00 bits per heavy atom. The molecule has 0 spiro atoms. The van der Waals surface area contributed by atoms with Crippen LogP contribution in [0.1, 0.15) is 45.4 Å². The van der Waals surface area contributed by atoms with E-state index < -0.39 is 0 Å². The molecule has 0 heterocycles. The van der Waals surface area contributed by atoms with E-state index in [2.05, 4.69) is 0 Å². The van der Waals surface area contributed by atoms with Gasteiger partial charge in [-0.15, -0.1) is 0 Å². The predicted molar refractivity (Wildman–Crippen MR) is 52.0 cm³/mol. The first-order valence-electron chi connectivity index (χ1n) is 5.14. The van der Waals surface area contributed by atoms with Crippen LogP contribution in [0.4, 0.5) is 0 Å². The first kappa shape index (κ1) is 9.79. The zero-order chi connectivity index (χ0) is 8.81. The molecule has 0 amide bonds. The second-order valence-electron chi connectivity index (χ2n) is 3.83. The van der Waals surface area contributed by atoms with Gasteiger partial charge in [0.25, 0.3) is 0 Å². The van der Waals surface area contributed by atoms with Crippen LogP contribution in [-0.2, 0) is 0 Å². The standard InChI is InChI=1S/C11H20O/c1-2-6-11(12)9-10-7-4-3-5-8-10/h2,6,10-12H,3-5,7-9H2,1H3/b6-2+/t11-/m1/s1. The molecule has 1 rings (SSSR count). The average molecular weight is 168 g/mol. The highest BCUT2D eigenvalue weighted by Crippen LogP contribution is 2.27. The van der Waals surface area contributed by atoms with Crippen molar-refractivity contribution in [2.45, 2.75) is 51.6 Å². The number of hydrogen-bond acceptors (Lipinski definition) is 1. The molecule has 0 aromatic rings. The lowest BCUT2D eigenvalue weighted by atomic mass is 9.85. The first-order valence-corrected chi connectivity index (χ1v) is 5.14. The lowest BCUT2D eigenvalue weighted by molar-refractivity contribution is 0.170. The van der Waals surface area contributed by atoms with Crippen molar-refractivity contribution in [2.75, 3.05) is 0 Å². The van der Waals surface area contributed by atoms with Crippen molar-refractivity contribution >= 4 is 0 Å². The van der Waals surface area contributed by atoms with Gasteiger partial charge in [-0.25, -0.2) is 0 Å². The summed E-state index contributed by atoms with van der Waals surface area (Å²) >= 11 is 0. The topological polar surface area (TPSA) is 20.2 Å². The van der Waals surface area contributed by atoms with Crippen LogP contribution in [0.3, 0.4) is 0 Å². The van der Waals surface area contributed by atoms with Crippen LogP contribution in [0.25, 0.3) is 0 Å². The lowest BCUT2D eigenvalue weighted by Gasteiger charge is -2.22. The molecular formula is C11H20O. The third-order valence-corrected chi connectivity index (χ3v) is 2.71. The second kappa shape index (κ2) is 5.36. The number of aliphatic hydroxyl groups excluding tert-OH is 1. The third kappa shape index (κ3) is 3.40. The Labute approximate surface area is 75.5 Å². The van der Waals surface area contributed by atoms with Crippen LogP contribution < -0.4 is 0 Å². The van der Waals surface area contributed by atoms with E-state index in [9.17, 15) is 5.11 Å². The van der Waals surface area contributed by atoms with Crippen LogP contribution in [0.5, 0.6) is 0 Å². The first-order chi connectivity index (χ1) is 5.83. The quantitative estimate of drug-likeness (QED) is 0.642. The highest BCUT2D eigenvalue weighted by atomic mass is 16.3. The summed E-state index contributed by atoms with van der Waals surface area (Å²) < 4.78 is 0. The summed E-state index contributed by atoms with van der Waals surface area (Å²) in [5, 5.41) is 9.51. The molecule has 1 saturated carbocycles. The van der Waals surface area contributed by atoms with Crippen molar-refractivity contribution in [3.63, 3.8) is 0 Å². The van der Waals surface area contributed by atoms with E-state index in [0.717, 1.165) is 12.3 Å². The van der Waals surface area contributed by atoms with Crippen molar-refractivity contribution in [1.29, 1.82) is 0 Å². The smallest absolute Gasteiger partial charge is 0.0723 e. The molecule has 1 aliphatic rings. The van der Waals surface area contributed by atoms with E-state index in [1.54, 1.807) is 0 Å². The molecule has 12 heavy (non-hydrogen) atoms. The summed E-state index contributed by atoms with van der Waals surface area (Å²) in [4.78, 5) is 0. The van der Waals surface area contributed by atoms with Gasteiger partial charge < -0.3 is 5.11 Å². The Balaban J connectivity index is 2.19. The van der Waals surface area contributed by atoms with Crippen LogP contribution in [0, 0.1) is 5.92 Å². The van der Waals surface area contributed by atoms with Gasteiger partial charge in [-0.05, 0) is 19.3 Å². The van der Waals surface area contributed by atoms with Crippen LogP contribution in [-0.4, -0.2) is 11.2 Å². The molecule has 1 N–H and O–H groups in total. The molecule has 0 saturated heterocycles. The largest absolute Gasteiger partial charge is 0.389 e. The SMILES string of the molecule is C/C=C/[C@@H](O)CC1CCCCC1. The summed E-state index contributed by atoms with van der Waals surface area (Å²) in [5.74, 6) is 0.782. The minimum atomic E-state index is -0.196. The summed E-state index contributed by atoms with van der Waals surface area (Å²) in [6.07, 6.45) is 11.4. The summed E-state index contributed by atoms with van der Waals surface area (Å²) in [6, 6.07) is 0. The number of aliphatic hydroxyl groups is 1. The van der Waals surface area contributed by atoms with Crippen LogP contribution in [0.2, 0.25) is 0 Å². The van der Waals surface area contributed by atoms with Crippen molar-refractivity contribution in [1.82, 2.24) is 0 Å². The molecule has 0 aliphatic heterocycles. The Morgan fingerprint density at radius 3 is 2.58 bits per heavy atom. The Bertz CT molecular complexity index is 134. The van der Waals surface area contributed by atoms with Crippen LogP contribution >= 0.6 is 0 Å². The zero-order valence-corrected chi connectivity index (χ0v) is 8.00. The lowest BCUT2D eigenvalue weighted by Crippen LogP contribution is -2.13.